The minimum atomic E-state index is -5.13. The van der Waals surface area contributed by atoms with Crippen molar-refractivity contribution in [3.05, 3.63) is 154 Å². The summed E-state index contributed by atoms with van der Waals surface area (Å²) in [4.78, 5) is 48.3. The molecule has 2 aliphatic rings. The van der Waals surface area contributed by atoms with Crippen LogP contribution < -0.4 is 4.90 Å². The number of hydrogen-bond donors (Lipinski definition) is 2. The molecule has 3 aromatic carbocycles. The normalized spacial score (nSPS) is 13.9. The van der Waals surface area contributed by atoms with Gasteiger partial charge in [0.05, 0.1) is 22.5 Å². The summed E-state index contributed by atoms with van der Waals surface area (Å²) in [7, 11) is 0. The standard InChI is InChI=1S/C26H24N2O2.C20H16F3N3O2/c1-17-2-4-18(5-3-17)16-28-11-10-21-12-19(6-9-25(21)28)13-24-23(26(29)30)14-22(15-27-24)20-7-8-20;1-11(27)16-9-14(12-2-3-12)10-25-18(16)26(19(28)20(21,22)23)15-4-5-17-13(8-15)6-7-24-17/h2-6,9-12,14-15,20H,7-8,13,16H2,1H3,(H,29,30);4-10,12,24H,2-3H2,1H3. The van der Waals surface area contributed by atoms with Crippen molar-refractivity contribution in [3.63, 3.8) is 0 Å². The SMILES string of the molecule is CC(=O)c1cc(C2CC2)cnc1N(C(=O)C(F)(F)F)c1ccc2[nH]ccc2c1.Cc1ccc(Cn2ccc3cc(Cc4ncc(C5CC5)cc4C(=O)O)ccc32)cc1. The van der Waals surface area contributed by atoms with Crippen LogP contribution in [-0.4, -0.2) is 48.5 Å². The Balaban J connectivity index is 0.000000162. The number of hydrogen-bond acceptors (Lipinski definition) is 5. The van der Waals surface area contributed by atoms with Crippen molar-refractivity contribution in [3.8, 4) is 0 Å². The van der Waals surface area contributed by atoms with E-state index in [-0.39, 0.29) is 23.0 Å². The topological polar surface area (TPSA) is 121 Å². The first kappa shape index (κ1) is 38.3. The predicted molar refractivity (Wildman–Crippen MR) is 216 cm³/mol. The van der Waals surface area contributed by atoms with Gasteiger partial charge < -0.3 is 14.7 Å². The lowest BCUT2D eigenvalue weighted by Gasteiger charge is -2.25. The molecule has 2 N–H and O–H groups in total. The first-order valence-corrected chi connectivity index (χ1v) is 19.2. The molecular formula is C46H40F3N5O4. The Bertz CT molecular complexity index is 2690. The van der Waals surface area contributed by atoms with E-state index in [1.807, 2.05) is 12.3 Å². The van der Waals surface area contributed by atoms with Crippen LogP contribution in [0.15, 0.2) is 110 Å². The maximum atomic E-state index is 13.4. The summed E-state index contributed by atoms with van der Waals surface area (Å²) < 4.78 is 42.3. The molecular weight excluding hydrogens is 744 g/mol. The van der Waals surface area contributed by atoms with Crippen molar-refractivity contribution in [1.29, 1.82) is 0 Å². The molecule has 294 valence electrons. The summed E-state index contributed by atoms with van der Waals surface area (Å²) in [6.07, 6.45) is 6.63. The summed E-state index contributed by atoms with van der Waals surface area (Å²) >= 11 is 0. The van der Waals surface area contributed by atoms with Gasteiger partial charge in [0.25, 0.3) is 0 Å². The van der Waals surface area contributed by atoms with E-state index in [4.69, 9.17) is 0 Å². The summed E-state index contributed by atoms with van der Waals surface area (Å²) in [5, 5.41) is 11.5. The number of halogens is 3. The summed E-state index contributed by atoms with van der Waals surface area (Å²) in [5.74, 6) is -3.00. The number of ketones is 1. The Labute approximate surface area is 332 Å². The zero-order valence-corrected chi connectivity index (χ0v) is 31.9. The second-order valence-electron chi connectivity index (χ2n) is 15.2. The van der Waals surface area contributed by atoms with Crippen LogP contribution in [0.2, 0.25) is 0 Å². The number of aromatic amines is 1. The fourth-order valence-corrected chi connectivity index (χ4v) is 7.25. The van der Waals surface area contributed by atoms with Gasteiger partial charge in [-0.25, -0.2) is 9.78 Å². The number of nitrogens with zero attached hydrogens (tertiary/aromatic N) is 4. The Morgan fingerprint density at radius 1 is 0.810 bits per heavy atom. The molecule has 7 aromatic rings. The summed E-state index contributed by atoms with van der Waals surface area (Å²) in [5.41, 5.74) is 8.30. The molecule has 4 heterocycles. The number of rotatable bonds is 10. The molecule has 0 bridgehead atoms. The van der Waals surface area contributed by atoms with Crippen LogP contribution in [0, 0.1) is 6.92 Å². The molecule has 12 heteroatoms. The van der Waals surface area contributed by atoms with Crippen LogP contribution in [-0.2, 0) is 17.8 Å². The molecule has 0 atom stereocenters. The molecule has 4 aromatic heterocycles. The second kappa shape index (κ2) is 15.4. The van der Waals surface area contributed by atoms with Gasteiger partial charge >= 0.3 is 18.1 Å². The largest absolute Gasteiger partial charge is 0.478 e. The Morgan fingerprint density at radius 2 is 1.48 bits per heavy atom. The van der Waals surface area contributed by atoms with Crippen molar-refractivity contribution in [1.82, 2.24) is 19.5 Å². The highest BCUT2D eigenvalue weighted by Crippen LogP contribution is 2.42. The third kappa shape index (κ3) is 8.27. The zero-order chi connectivity index (χ0) is 40.7. The molecule has 0 spiro atoms. The van der Waals surface area contributed by atoms with Gasteiger partial charge in [0.15, 0.2) is 11.6 Å². The van der Waals surface area contributed by atoms with Crippen LogP contribution in [0.5, 0.6) is 0 Å². The number of anilines is 2. The number of fused-ring (bicyclic) bond motifs is 2. The molecule has 0 saturated heterocycles. The number of alkyl halides is 3. The number of amides is 1. The van der Waals surface area contributed by atoms with Crippen LogP contribution in [0.1, 0.15) is 98.7 Å². The number of benzene rings is 3. The monoisotopic (exact) mass is 783 g/mol. The third-order valence-electron chi connectivity index (χ3n) is 10.7. The highest BCUT2D eigenvalue weighted by atomic mass is 19.4. The third-order valence-corrected chi connectivity index (χ3v) is 10.7. The molecule has 0 unspecified atom stereocenters. The first-order valence-electron chi connectivity index (χ1n) is 19.2. The number of carbonyl (C=O) groups excluding carboxylic acids is 2. The lowest BCUT2D eigenvalue weighted by atomic mass is 10.0. The second-order valence-corrected chi connectivity index (χ2v) is 15.2. The number of nitrogens with one attached hydrogen (secondary N) is 1. The molecule has 0 radical (unpaired) electrons. The molecule has 58 heavy (non-hydrogen) atoms. The van der Waals surface area contributed by atoms with Gasteiger partial charge in [0, 0.05) is 54.2 Å². The van der Waals surface area contributed by atoms with E-state index in [1.54, 1.807) is 24.4 Å². The number of carboxylic acid groups (broad SMARTS) is 1. The van der Waals surface area contributed by atoms with E-state index in [0.29, 0.717) is 39.4 Å². The Morgan fingerprint density at radius 3 is 2.14 bits per heavy atom. The van der Waals surface area contributed by atoms with Crippen molar-refractivity contribution in [2.75, 3.05) is 4.90 Å². The smallest absolute Gasteiger partial charge is 0.472 e. The van der Waals surface area contributed by atoms with E-state index in [1.165, 1.54) is 41.9 Å². The molecule has 0 aliphatic heterocycles. The van der Waals surface area contributed by atoms with E-state index < -0.39 is 23.8 Å². The maximum absolute atomic E-state index is 13.4. The number of Topliss-reactive ketones (excluding diaryl/α,β-unsaturated/α-hetero) is 1. The average Bonchev–Trinajstić information content (AvgIpc) is 4.14. The van der Waals surface area contributed by atoms with Crippen LogP contribution in [0.3, 0.4) is 0 Å². The molecule has 2 saturated carbocycles. The quantitative estimate of drug-likeness (QED) is 0.133. The van der Waals surface area contributed by atoms with Gasteiger partial charge in [-0.2, -0.15) is 13.2 Å². The van der Waals surface area contributed by atoms with Crippen molar-refractivity contribution in [2.24, 2.45) is 0 Å². The number of aromatic nitrogens is 4. The molecule has 1 amide bonds. The van der Waals surface area contributed by atoms with Gasteiger partial charge in [-0.3, -0.25) is 19.5 Å². The Kier molecular flexibility index (Phi) is 10.2. The minimum absolute atomic E-state index is 0.00355. The van der Waals surface area contributed by atoms with Crippen LogP contribution in [0.25, 0.3) is 21.8 Å². The average molecular weight is 784 g/mol. The number of aromatic carboxylic acids is 1. The molecule has 2 aliphatic carbocycles. The van der Waals surface area contributed by atoms with E-state index in [2.05, 4.69) is 81.2 Å². The van der Waals surface area contributed by atoms with Gasteiger partial charge in [0.2, 0.25) is 0 Å². The fourth-order valence-electron chi connectivity index (χ4n) is 7.25. The van der Waals surface area contributed by atoms with Crippen molar-refractivity contribution < 1.29 is 32.7 Å². The van der Waals surface area contributed by atoms with Gasteiger partial charge in [-0.1, -0.05) is 35.9 Å². The number of aryl methyl sites for hydroxylation is 1. The van der Waals surface area contributed by atoms with Crippen LogP contribution >= 0.6 is 0 Å². The minimum Gasteiger partial charge on any atom is -0.478 e. The Hall–Kier alpha value is -6.56. The predicted octanol–water partition coefficient (Wildman–Crippen LogP) is 10.4. The van der Waals surface area contributed by atoms with Crippen molar-refractivity contribution >= 4 is 51.0 Å². The van der Waals surface area contributed by atoms with Crippen molar-refractivity contribution in [2.45, 2.75) is 70.5 Å². The van der Waals surface area contributed by atoms with E-state index in [0.717, 1.165) is 54.3 Å². The molecule has 9 rings (SSSR count). The first-order chi connectivity index (χ1) is 27.8. The summed E-state index contributed by atoms with van der Waals surface area (Å²) in [6.45, 7) is 4.18. The zero-order valence-electron chi connectivity index (χ0n) is 31.9. The van der Waals surface area contributed by atoms with E-state index in [9.17, 15) is 32.7 Å². The summed E-state index contributed by atoms with van der Waals surface area (Å²) in [6, 6.07) is 26.6. The number of carbonyl (C=O) groups is 3. The molecule has 9 nitrogen and oxygen atoms in total. The fraction of sp³-hybridized carbons (Fsp3) is 0.239. The van der Waals surface area contributed by atoms with Gasteiger partial charge in [-0.15, -0.1) is 0 Å². The highest BCUT2D eigenvalue weighted by molar-refractivity contribution is 6.09. The lowest BCUT2D eigenvalue weighted by Crippen LogP contribution is -2.39. The van der Waals surface area contributed by atoms with Gasteiger partial charge in [0.1, 0.15) is 0 Å². The molecule has 2 fully saturated rings. The highest BCUT2D eigenvalue weighted by Gasteiger charge is 2.45. The number of pyridine rings is 2. The van der Waals surface area contributed by atoms with Gasteiger partial charge in [-0.05, 0) is 134 Å². The number of H-pyrrole nitrogens is 1. The number of carboxylic acids is 1. The maximum Gasteiger partial charge on any atom is 0.472 e. The lowest BCUT2D eigenvalue weighted by molar-refractivity contribution is -0.169. The van der Waals surface area contributed by atoms with Crippen LogP contribution in [0.4, 0.5) is 24.7 Å². The van der Waals surface area contributed by atoms with E-state index >= 15 is 0 Å².